The van der Waals surface area contributed by atoms with E-state index >= 15 is 0 Å². The van der Waals surface area contributed by atoms with Gasteiger partial charge in [0.15, 0.2) is 5.69 Å². The summed E-state index contributed by atoms with van der Waals surface area (Å²) in [7, 11) is -0.275. The lowest BCUT2D eigenvalue weighted by Gasteiger charge is -1.98. The van der Waals surface area contributed by atoms with Gasteiger partial charge in [0.1, 0.15) is 0 Å². The lowest BCUT2D eigenvalue weighted by molar-refractivity contribution is -0.140. The summed E-state index contributed by atoms with van der Waals surface area (Å²) >= 11 is 0. The SMILES string of the molecule is OBc1cnc2nc(C(F)(F)F)cn2c1. The summed E-state index contributed by atoms with van der Waals surface area (Å²) in [5.41, 5.74) is -0.571. The van der Waals surface area contributed by atoms with Gasteiger partial charge in [0.25, 0.3) is 0 Å². The fraction of sp³-hybridized carbons (Fsp3) is 0.143. The van der Waals surface area contributed by atoms with Gasteiger partial charge in [0.05, 0.1) is 0 Å². The van der Waals surface area contributed by atoms with Crippen LogP contribution in [0.25, 0.3) is 5.78 Å². The molecule has 0 bridgehead atoms. The Labute approximate surface area is 82.7 Å². The van der Waals surface area contributed by atoms with Crippen molar-refractivity contribution in [3.63, 3.8) is 0 Å². The molecule has 0 saturated heterocycles. The molecule has 0 aliphatic heterocycles. The number of hydrogen-bond acceptors (Lipinski definition) is 3. The molecule has 4 nitrogen and oxygen atoms in total. The average molecular weight is 215 g/mol. The van der Waals surface area contributed by atoms with Gasteiger partial charge in [0.2, 0.25) is 5.78 Å². The molecular formula is C7H5BF3N3O. The van der Waals surface area contributed by atoms with E-state index in [9.17, 15) is 13.2 Å². The average Bonchev–Trinajstić information content (AvgIpc) is 2.59. The van der Waals surface area contributed by atoms with Crippen LogP contribution in [0.2, 0.25) is 0 Å². The van der Waals surface area contributed by atoms with Crippen molar-refractivity contribution in [1.29, 1.82) is 0 Å². The normalized spacial score (nSPS) is 12.0. The monoisotopic (exact) mass is 215 g/mol. The number of nitrogens with zero attached hydrogens (tertiary/aromatic N) is 3. The van der Waals surface area contributed by atoms with Gasteiger partial charge in [-0.15, -0.1) is 0 Å². The maximum absolute atomic E-state index is 12.3. The van der Waals surface area contributed by atoms with Crippen LogP contribution < -0.4 is 5.46 Å². The molecule has 0 saturated carbocycles. The summed E-state index contributed by atoms with van der Waals surface area (Å²) in [5.74, 6) is -0.0421. The van der Waals surface area contributed by atoms with Crippen molar-refractivity contribution >= 4 is 18.7 Å². The molecule has 78 valence electrons. The second-order valence-corrected chi connectivity index (χ2v) is 2.95. The fourth-order valence-corrected chi connectivity index (χ4v) is 1.15. The molecular weight excluding hydrogens is 210 g/mol. The third-order valence-corrected chi connectivity index (χ3v) is 1.84. The maximum atomic E-state index is 12.3. The van der Waals surface area contributed by atoms with E-state index in [0.717, 1.165) is 10.6 Å². The Bertz CT molecular complexity index is 496. The van der Waals surface area contributed by atoms with Crippen LogP contribution in [0.15, 0.2) is 18.6 Å². The highest BCUT2D eigenvalue weighted by molar-refractivity contribution is 6.45. The molecule has 1 N–H and O–H groups in total. The fourth-order valence-electron chi connectivity index (χ4n) is 1.15. The van der Waals surface area contributed by atoms with Gasteiger partial charge in [-0.1, -0.05) is 0 Å². The zero-order chi connectivity index (χ0) is 11.1. The number of aromatic nitrogens is 3. The second-order valence-electron chi connectivity index (χ2n) is 2.95. The van der Waals surface area contributed by atoms with E-state index in [1.165, 1.54) is 12.4 Å². The minimum atomic E-state index is -4.48. The summed E-state index contributed by atoms with van der Waals surface area (Å²) in [5, 5.41) is 8.77. The van der Waals surface area contributed by atoms with Crippen LogP contribution in [0.4, 0.5) is 13.2 Å². The predicted octanol–water partition coefficient (Wildman–Crippen LogP) is -0.283. The molecule has 0 fully saturated rings. The quantitative estimate of drug-likeness (QED) is 0.665. The van der Waals surface area contributed by atoms with Crippen molar-refractivity contribution in [3.8, 4) is 0 Å². The van der Waals surface area contributed by atoms with Gasteiger partial charge < -0.3 is 5.02 Å². The maximum Gasteiger partial charge on any atom is 0.434 e. The molecule has 8 heteroatoms. The number of alkyl halides is 3. The van der Waals surface area contributed by atoms with Crippen LogP contribution >= 0.6 is 0 Å². The van der Waals surface area contributed by atoms with Gasteiger partial charge in [-0.2, -0.15) is 13.2 Å². The summed E-state index contributed by atoms with van der Waals surface area (Å²) in [6, 6.07) is 0. The first-order chi connectivity index (χ1) is 7.00. The number of fused-ring (bicyclic) bond motifs is 1. The van der Waals surface area contributed by atoms with Crippen LogP contribution in [-0.4, -0.2) is 26.9 Å². The Morgan fingerprint density at radius 1 is 1.33 bits per heavy atom. The van der Waals surface area contributed by atoms with Gasteiger partial charge in [-0.25, -0.2) is 9.97 Å². The molecule has 0 radical (unpaired) electrons. The lowest BCUT2D eigenvalue weighted by Crippen LogP contribution is -2.15. The number of hydrogen-bond donors (Lipinski definition) is 1. The largest absolute Gasteiger partial charge is 0.449 e. The molecule has 0 unspecified atom stereocenters. The second kappa shape index (κ2) is 3.23. The Balaban J connectivity index is 2.56. The lowest BCUT2D eigenvalue weighted by atomic mass is 9.92. The number of imidazole rings is 1. The third-order valence-electron chi connectivity index (χ3n) is 1.84. The molecule has 2 aromatic rings. The summed E-state index contributed by atoms with van der Waals surface area (Å²) < 4.78 is 37.9. The molecule has 0 atom stereocenters. The first-order valence-corrected chi connectivity index (χ1v) is 4.02. The highest BCUT2D eigenvalue weighted by Crippen LogP contribution is 2.27. The molecule has 15 heavy (non-hydrogen) atoms. The Morgan fingerprint density at radius 3 is 2.67 bits per heavy atom. The van der Waals surface area contributed by atoms with E-state index in [1.807, 2.05) is 0 Å². The van der Waals surface area contributed by atoms with E-state index in [2.05, 4.69) is 9.97 Å². The van der Waals surface area contributed by atoms with Crippen molar-refractivity contribution in [1.82, 2.24) is 14.4 Å². The summed E-state index contributed by atoms with van der Waals surface area (Å²) in [6.07, 6.45) is -1.01. The zero-order valence-electron chi connectivity index (χ0n) is 7.36. The van der Waals surface area contributed by atoms with E-state index in [4.69, 9.17) is 5.02 Å². The van der Waals surface area contributed by atoms with E-state index in [-0.39, 0.29) is 13.3 Å². The molecule has 0 aliphatic rings. The van der Waals surface area contributed by atoms with Gasteiger partial charge in [-0.3, -0.25) is 4.40 Å². The third kappa shape index (κ3) is 1.80. The topological polar surface area (TPSA) is 50.4 Å². The molecule has 0 amide bonds. The van der Waals surface area contributed by atoms with E-state index in [1.54, 1.807) is 0 Å². The summed E-state index contributed by atoms with van der Waals surface area (Å²) in [6.45, 7) is 0. The number of halogens is 3. The summed E-state index contributed by atoms with van der Waals surface area (Å²) in [4.78, 5) is 6.98. The van der Waals surface area contributed by atoms with Crippen molar-refractivity contribution < 1.29 is 18.2 Å². The molecule has 0 aliphatic carbocycles. The first-order valence-electron chi connectivity index (χ1n) is 4.02. The Morgan fingerprint density at radius 2 is 2.07 bits per heavy atom. The van der Waals surface area contributed by atoms with Crippen molar-refractivity contribution in [2.45, 2.75) is 6.18 Å². The van der Waals surface area contributed by atoms with E-state index in [0.29, 0.717) is 5.46 Å². The van der Waals surface area contributed by atoms with Crippen LogP contribution in [0.5, 0.6) is 0 Å². The zero-order valence-corrected chi connectivity index (χ0v) is 7.36. The van der Waals surface area contributed by atoms with Crippen molar-refractivity contribution in [3.05, 3.63) is 24.3 Å². The van der Waals surface area contributed by atoms with Gasteiger partial charge >= 0.3 is 13.7 Å². The molecule has 2 heterocycles. The molecule has 2 rings (SSSR count). The van der Waals surface area contributed by atoms with Crippen LogP contribution in [-0.2, 0) is 6.18 Å². The van der Waals surface area contributed by atoms with Crippen LogP contribution in [0.3, 0.4) is 0 Å². The Kier molecular flexibility index (Phi) is 2.15. The number of rotatable bonds is 1. The minimum Gasteiger partial charge on any atom is -0.449 e. The Hall–Kier alpha value is -1.57. The predicted molar refractivity (Wildman–Crippen MR) is 47.0 cm³/mol. The standard InChI is InChI=1S/C7H5BF3N3O/c9-7(10,11)5-3-14-2-4(8-15)1-12-6(14)13-5/h1-3,8,15H. The smallest absolute Gasteiger partial charge is 0.434 e. The van der Waals surface area contributed by atoms with Crippen molar-refractivity contribution in [2.75, 3.05) is 0 Å². The van der Waals surface area contributed by atoms with E-state index < -0.39 is 11.9 Å². The first kappa shape index (κ1) is 9.97. The minimum absolute atomic E-state index is 0.0421. The van der Waals surface area contributed by atoms with Crippen LogP contribution in [0.1, 0.15) is 5.69 Å². The van der Waals surface area contributed by atoms with Gasteiger partial charge in [0, 0.05) is 18.6 Å². The molecule has 0 aromatic carbocycles. The highest BCUT2D eigenvalue weighted by atomic mass is 19.4. The highest BCUT2D eigenvalue weighted by Gasteiger charge is 2.34. The van der Waals surface area contributed by atoms with Gasteiger partial charge in [-0.05, 0) is 5.46 Å². The van der Waals surface area contributed by atoms with Crippen molar-refractivity contribution in [2.24, 2.45) is 0 Å². The molecule has 2 aromatic heterocycles. The molecule has 0 spiro atoms. The van der Waals surface area contributed by atoms with Crippen LogP contribution in [0, 0.1) is 0 Å².